The van der Waals surface area contributed by atoms with Gasteiger partial charge in [-0.1, -0.05) is 12.1 Å². The van der Waals surface area contributed by atoms with E-state index in [-0.39, 0.29) is 0 Å². The molecule has 1 fully saturated rings. The lowest BCUT2D eigenvalue weighted by Crippen LogP contribution is -2.40. The number of aryl methyl sites for hydroxylation is 1. The van der Waals surface area contributed by atoms with Gasteiger partial charge in [0, 0.05) is 18.9 Å². The maximum absolute atomic E-state index is 12.3. The lowest BCUT2D eigenvalue weighted by atomic mass is 10.1. The number of hydrogen-bond donors (Lipinski definition) is 0. The SMILES string of the molecule is Cc1cccc(-n2ccn(CC3CC3)c(=O)c2=O)c1C. The summed E-state index contributed by atoms with van der Waals surface area (Å²) in [5.74, 6) is 0.573. The summed E-state index contributed by atoms with van der Waals surface area (Å²) < 4.78 is 3.00. The van der Waals surface area contributed by atoms with E-state index in [1.165, 1.54) is 4.57 Å². The minimum absolute atomic E-state index is 0.430. The first kappa shape index (κ1) is 12.9. The van der Waals surface area contributed by atoms with Crippen molar-refractivity contribution >= 4 is 0 Å². The van der Waals surface area contributed by atoms with Crippen LogP contribution in [0.4, 0.5) is 0 Å². The van der Waals surface area contributed by atoms with Gasteiger partial charge in [-0.2, -0.15) is 0 Å². The van der Waals surface area contributed by atoms with E-state index < -0.39 is 11.1 Å². The first-order valence-electron chi connectivity index (χ1n) is 6.96. The maximum atomic E-state index is 12.3. The standard InChI is InChI=1S/C16H18N2O2/c1-11-4-3-5-14(12(11)2)18-9-8-17(10-13-6-7-13)15(19)16(18)20/h3-5,8-9,13H,6-7,10H2,1-2H3. The molecule has 2 aromatic rings. The number of aromatic nitrogens is 2. The third kappa shape index (κ3) is 2.22. The van der Waals surface area contributed by atoms with E-state index >= 15 is 0 Å². The van der Waals surface area contributed by atoms with Gasteiger partial charge in [0.2, 0.25) is 0 Å². The summed E-state index contributed by atoms with van der Waals surface area (Å²) in [5.41, 5.74) is 2.01. The van der Waals surface area contributed by atoms with Crippen molar-refractivity contribution in [1.82, 2.24) is 9.13 Å². The average molecular weight is 270 g/mol. The van der Waals surface area contributed by atoms with Crippen molar-refractivity contribution in [2.45, 2.75) is 33.2 Å². The average Bonchev–Trinajstić information content (AvgIpc) is 3.23. The van der Waals surface area contributed by atoms with Gasteiger partial charge in [0.05, 0.1) is 5.69 Å². The molecule has 0 bridgehead atoms. The van der Waals surface area contributed by atoms with Gasteiger partial charge in [-0.25, -0.2) is 0 Å². The number of rotatable bonds is 3. The quantitative estimate of drug-likeness (QED) is 0.801. The summed E-state index contributed by atoms with van der Waals surface area (Å²) in [6.45, 7) is 4.63. The molecule has 1 aromatic heterocycles. The summed E-state index contributed by atoms with van der Waals surface area (Å²) in [5, 5.41) is 0. The lowest BCUT2D eigenvalue weighted by molar-refractivity contribution is 0.591. The van der Waals surface area contributed by atoms with Gasteiger partial charge in [0.1, 0.15) is 0 Å². The Kier molecular flexibility index (Phi) is 3.08. The summed E-state index contributed by atoms with van der Waals surface area (Å²) >= 11 is 0. The van der Waals surface area contributed by atoms with Gasteiger partial charge < -0.3 is 4.57 Å². The van der Waals surface area contributed by atoms with Crippen LogP contribution in [0.25, 0.3) is 5.69 Å². The second-order valence-electron chi connectivity index (χ2n) is 5.59. The van der Waals surface area contributed by atoms with Crippen molar-refractivity contribution in [3.8, 4) is 5.69 Å². The van der Waals surface area contributed by atoms with E-state index in [1.54, 1.807) is 17.0 Å². The molecule has 0 saturated heterocycles. The van der Waals surface area contributed by atoms with Crippen LogP contribution in [0.2, 0.25) is 0 Å². The summed E-state index contributed by atoms with van der Waals surface area (Å²) in [7, 11) is 0. The fraction of sp³-hybridized carbons (Fsp3) is 0.375. The first-order valence-corrected chi connectivity index (χ1v) is 6.96. The topological polar surface area (TPSA) is 44.0 Å². The number of nitrogens with zero attached hydrogens (tertiary/aromatic N) is 2. The van der Waals surface area contributed by atoms with Crippen LogP contribution < -0.4 is 11.1 Å². The third-order valence-corrected chi connectivity index (χ3v) is 4.05. The van der Waals surface area contributed by atoms with Crippen LogP contribution in [-0.2, 0) is 6.54 Å². The molecular weight excluding hydrogens is 252 g/mol. The molecule has 1 aromatic carbocycles. The van der Waals surface area contributed by atoms with Crippen molar-refractivity contribution in [2.24, 2.45) is 5.92 Å². The van der Waals surface area contributed by atoms with Gasteiger partial charge in [0.15, 0.2) is 0 Å². The van der Waals surface area contributed by atoms with Gasteiger partial charge in [-0.15, -0.1) is 0 Å². The van der Waals surface area contributed by atoms with Crippen LogP contribution in [0, 0.1) is 19.8 Å². The zero-order valence-electron chi connectivity index (χ0n) is 11.8. The van der Waals surface area contributed by atoms with E-state index in [0.717, 1.165) is 29.7 Å². The highest BCUT2D eigenvalue weighted by atomic mass is 16.2. The minimum Gasteiger partial charge on any atom is -0.309 e. The van der Waals surface area contributed by atoms with Crippen LogP contribution in [-0.4, -0.2) is 9.13 Å². The van der Waals surface area contributed by atoms with E-state index in [9.17, 15) is 9.59 Å². The van der Waals surface area contributed by atoms with Crippen molar-refractivity contribution in [1.29, 1.82) is 0 Å². The number of benzene rings is 1. The van der Waals surface area contributed by atoms with E-state index in [2.05, 4.69) is 0 Å². The Hall–Kier alpha value is -2.10. The molecule has 1 aliphatic carbocycles. The summed E-state index contributed by atoms with van der Waals surface area (Å²) in [4.78, 5) is 24.4. The minimum atomic E-state index is -0.471. The highest BCUT2D eigenvalue weighted by molar-refractivity contribution is 5.44. The van der Waals surface area contributed by atoms with Crippen LogP contribution in [0.3, 0.4) is 0 Å². The fourth-order valence-electron chi connectivity index (χ4n) is 2.42. The first-order chi connectivity index (χ1) is 9.58. The van der Waals surface area contributed by atoms with Crippen LogP contribution in [0.15, 0.2) is 40.2 Å². The predicted octanol–water partition coefficient (Wildman–Crippen LogP) is 2.03. The zero-order valence-corrected chi connectivity index (χ0v) is 11.8. The Labute approximate surface area is 117 Å². The van der Waals surface area contributed by atoms with E-state index in [1.807, 2.05) is 32.0 Å². The Morgan fingerprint density at radius 3 is 2.55 bits per heavy atom. The smallest absolute Gasteiger partial charge is 0.309 e. The molecule has 4 heteroatoms. The summed E-state index contributed by atoms with van der Waals surface area (Å²) in [6, 6.07) is 5.77. The van der Waals surface area contributed by atoms with Gasteiger partial charge in [-0.3, -0.25) is 14.2 Å². The Morgan fingerprint density at radius 2 is 1.85 bits per heavy atom. The molecular formula is C16H18N2O2. The molecule has 0 amide bonds. The van der Waals surface area contributed by atoms with Crippen LogP contribution >= 0.6 is 0 Å². The molecule has 0 spiro atoms. The lowest BCUT2D eigenvalue weighted by Gasteiger charge is -2.12. The normalized spacial score (nSPS) is 14.5. The second-order valence-corrected chi connectivity index (χ2v) is 5.59. The summed E-state index contributed by atoms with van der Waals surface area (Å²) in [6.07, 6.45) is 5.75. The molecule has 0 N–H and O–H groups in total. The molecule has 0 aliphatic heterocycles. The Morgan fingerprint density at radius 1 is 1.10 bits per heavy atom. The fourth-order valence-corrected chi connectivity index (χ4v) is 2.42. The maximum Gasteiger partial charge on any atom is 0.320 e. The highest BCUT2D eigenvalue weighted by Crippen LogP contribution is 2.29. The Bertz CT molecular complexity index is 767. The van der Waals surface area contributed by atoms with Crippen molar-refractivity contribution < 1.29 is 0 Å². The molecule has 0 radical (unpaired) electrons. The molecule has 1 heterocycles. The third-order valence-electron chi connectivity index (χ3n) is 4.05. The molecule has 3 rings (SSSR count). The molecule has 0 atom stereocenters. The largest absolute Gasteiger partial charge is 0.320 e. The van der Waals surface area contributed by atoms with E-state index in [0.29, 0.717) is 12.5 Å². The highest BCUT2D eigenvalue weighted by Gasteiger charge is 2.22. The van der Waals surface area contributed by atoms with Gasteiger partial charge in [0.25, 0.3) is 0 Å². The molecule has 104 valence electrons. The van der Waals surface area contributed by atoms with Crippen molar-refractivity contribution in [3.05, 3.63) is 62.4 Å². The predicted molar refractivity (Wildman–Crippen MR) is 78.5 cm³/mol. The van der Waals surface area contributed by atoms with Crippen molar-refractivity contribution in [2.75, 3.05) is 0 Å². The molecule has 1 saturated carbocycles. The molecule has 20 heavy (non-hydrogen) atoms. The van der Waals surface area contributed by atoms with Crippen LogP contribution in [0.1, 0.15) is 24.0 Å². The molecule has 0 unspecified atom stereocenters. The molecule has 1 aliphatic rings. The van der Waals surface area contributed by atoms with Crippen molar-refractivity contribution in [3.63, 3.8) is 0 Å². The second kappa shape index (κ2) is 4.78. The monoisotopic (exact) mass is 270 g/mol. The zero-order chi connectivity index (χ0) is 14.3. The molecule has 4 nitrogen and oxygen atoms in total. The number of hydrogen-bond acceptors (Lipinski definition) is 2. The van der Waals surface area contributed by atoms with Crippen LogP contribution in [0.5, 0.6) is 0 Å². The Balaban J connectivity index is 2.11. The van der Waals surface area contributed by atoms with Gasteiger partial charge >= 0.3 is 11.1 Å². The van der Waals surface area contributed by atoms with Gasteiger partial charge in [-0.05, 0) is 49.8 Å². The van der Waals surface area contributed by atoms with E-state index in [4.69, 9.17) is 0 Å².